The molecule has 2 atom stereocenters. The summed E-state index contributed by atoms with van der Waals surface area (Å²) in [7, 11) is 0. The van der Waals surface area contributed by atoms with Gasteiger partial charge >= 0.3 is 11.2 Å². The minimum absolute atomic E-state index is 0.159. The first-order chi connectivity index (χ1) is 6.95. The number of esters is 1. The SMILES string of the molecule is O=C(OC1CCC(O)C1)C(F)(F)SOO. The molecule has 2 N–H and O–H groups in total. The number of hydrogen-bond donors (Lipinski definition) is 2. The first-order valence-electron chi connectivity index (χ1n) is 4.22. The summed E-state index contributed by atoms with van der Waals surface area (Å²) >= 11 is -0.689. The van der Waals surface area contributed by atoms with Gasteiger partial charge < -0.3 is 9.84 Å². The maximum Gasteiger partial charge on any atom is 0.415 e. The van der Waals surface area contributed by atoms with Gasteiger partial charge in [-0.15, -0.1) is 0 Å². The normalized spacial score (nSPS) is 26.7. The number of alkyl halides is 2. The maximum atomic E-state index is 12.7. The Morgan fingerprint density at radius 2 is 2.13 bits per heavy atom. The lowest BCUT2D eigenvalue weighted by Gasteiger charge is -2.15. The van der Waals surface area contributed by atoms with Crippen molar-refractivity contribution in [3.63, 3.8) is 0 Å². The van der Waals surface area contributed by atoms with Crippen LogP contribution in [0.15, 0.2) is 0 Å². The Morgan fingerprint density at radius 3 is 2.60 bits per heavy atom. The highest BCUT2D eigenvalue weighted by atomic mass is 32.2. The van der Waals surface area contributed by atoms with Crippen molar-refractivity contribution in [3.05, 3.63) is 0 Å². The lowest BCUT2D eigenvalue weighted by molar-refractivity contribution is -0.170. The standard InChI is InChI=1S/C7H10F2O5S/c8-7(9,15-14-12)6(11)13-5-2-1-4(10)3-5/h4-5,10,12H,1-3H2. The molecule has 8 heteroatoms. The first-order valence-corrected chi connectivity index (χ1v) is 4.96. The third-order valence-corrected chi connectivity index (χ3v) is 2.46. The molecule has 0 aromatic carbocycles. The average molecular weight is 244 g/mol. The molecule has 0 amide bonds. The predicted octanol–water partition coefficient (Wildman–Crippen LogP) is 1.17. The second-order valence-electron chi connectivity index (χ2n) is 3.17. The van der Waals surface area contributed by atoms with Crippen LogP contribution in [0.25, 0.3) is 0 Å². The zero-order valence-electron chi connectivity index (χ0n) is 7.56. The van der Waals surface area contributed by atoms with E-state index in [4.69, 9.17) is 10.4 Å². The fourth-order valence-electron chi connectivity index (χ4n) is 1.33. The summed E-state index contributed by atoms with van der Waals surface area (Å²) in [6.45, 7) is 0. The van der Waals surface area contributed by atoms with Crippen molar-refractivity contribution in [1.29, 1.82) is 0 Å². The summed E-state index contributed by atoms with van der Waals surface area (Å²) in [5.41, 5.74) is 0. The number of carbonyl (C=O) groups is 1. The number of carbonyl (C=O) groups excluding carboxylic acids is 1. The van der Waals surface area contributed by atoms with E-state index >= 15 is 0 Å². The molecular formula is C7H10F2O5S. The van der Waals surface area contributed by atoms with E-state index in [1.807, 2.05) is 0 Å². The zero-order valence-corrected chi connectivity index (χ0v) is 8.38. The Balaban J connectivity index is 2.41. The van der Waals surface area contributed by atoms with Crippen molar-refractivity contribution in [1.82, 2.24) is 0 Å². The van der Waals surface area contributed by atoms with Gasteiger partial charge in [-0.25, -0.2) is 10.1 Å². The molecule has 5 nitrogen and oxygen atoms in total. The fourth-order valence-corrected chi connectivity index (χ4v) is 1.54. The molecule has 0 heterocycles. The molecule has 1 aliphatic rings. The smallest absolute Gasteiger partial charge is 0.415 e. The molecule has 0 radical (unpaired) electrons. The number of aliphatic hydroxyl groups is 1. The Kier molecular flexibility index (Phi) is 4.26. The van der Waals surface area contributed by atoms with Crippen LogP contribution in [0.5, 0.6) is 0 Å². The van der Waals surface area contributed by atoms with Crippen molar-refractivity contribution in [3.8, 4) is 0 Å². The van der Waals surface area contributed by atoms with E-state index < -0.39 is 35.5 Å². The number of halogens is 2. The van der Waals surface area contributed by atoms with E-state index in [2.05, 4.69) is 9.07 Å². The summed E-state index contributed by atoms with van der Waals surface area (Å²) < 4.78 is 33.0. The van der Waals surface area contributed by atoms with Gasteiger partial charge in [0.25, 0.3) is 0 Å². The topological polar surface area (TPSA) is 76.0 Å². The monoisotopic (exact) mass is 244 g/mol. The van der Waals surface area contributed by atoms with Gasteiger partial charge in [-0.3, -0.25) is 0 Å². The molecule has 88 valence electrons. The highest BCUT2D eigenvalue weighted by Crippen LogP contribution is 2.32. The third-order valence-electron chi connectivity index (χ3n) is 2.01. The van der Waals surface area contributed by atoms with E-state index in [0.29, 0.717) is 12.8 Å². The number of ether oxygens (including phenoxy) is 1. The molecule has 0 spiro atoms. The van der Waals surface area contributed by atoms with Gasteiger partial charge in [0.15, 0.2) is 0 Å². The van der Waals surface area contributed by atoms with E-state index in [0.717, 1.165) is 0 Å². The molecule has 1 rings (SSSR count). The second-order valence-corrected chi connectivity index (χ2v) is 4.00. The Labute approximate surface area is 88.5 Å². The molecule has 1 aliphatic carbocycles. The fraction of sp³-hybridized carbons (Fsp3) is 0.857. The van der Waals surface area contributed by atoms with Crippen molar-refractivity contribution < 1.29 is 33.0 Å². The second kappa shape index (κ2) is 5.06. The van der Waals surface area contributed by atoms with E-state index in [-0.39, 0.29) is 6.42 Å². The molecule has 1 saturated carbocycles. The van der Waals surface area contributed by atoms with Crippen LogP contribution in [0.4, 0.5) is 8.78 Å². The number of hydrogen-bond acceptors (Lipinski definition) is 6. The summed E-state index contributed by atoms with van der Waals surface area (Å²) in [6, 6.07) is 0. The van der Waals surface area contributed by atoms with E-state index in [1.54, 1.807) is 0 Å². The van der Waals surface area contributed by atoms with Gasteiger partial charge in [0.1, 0.15) is 18.1 Å². The van der Waals surface area contributed by atoms with Crippen LogP contribution in [0, 0.1) is 0 Å². The summed E-state index contributed by atoms with van der Waals surface area (Å²) in [5.74, 6) is -1.78. The van der Waals surface area contributed by atoms with E-state index in [1.165, 1.54) is 0 Å². The molecule has 15 heavy (non-hydrogen) atoms. The maximum absolute atomic E-state index is 12.7. The van der Waals surface area contributed by atoms with Crippen LogP contribution in [0.1, 0.15) is 19.3 Å². The van der Waals surface area contributed by atoms with Crippen LogP contribution < -0.4 is 0 Å². The predicted molar refractivity (Wildman–Crippen MR) is 46.0 cm³/mol. The van der Waals surface area contributed by atoms with Crippen molar-refractivity contribution in [2.45, 2.75) is 36.7 Å². The average Bonchev–Trinajstić information content (AvgIpc) is 2.51. The van der Waals surface area contributed by atoms with Gasteiger partial charge in [0.2, 0.25) is 0 Å². The van der Waals surface area contributed by atoms with Crippen LogP contribution in [0.3, 0.4) is 0 Å². The number of rotatable bonds is 4. The quantitative estimate of drug-likeness (QED) is 0.334. The number of aliphatic hydroxyl groups excluding tert-OH is 1. The first kappa shape index (κ1) is 12.6. The Hall–Kier alpha value is -0.440. The highest BCUT2D eigenvalue weighted by molar-refractivity contribution is 7.96. The molecule has 0 aromatic rings. The van der Waals surface area contributed by atoms with Gasteiger partial charge in [0.05, 0.1) is 6.10 Å². The lowest BCUT2D eigenvalue weighted by atomic mass is 10.3. The third kappa shape index (κ3) is 3.56. The van der Waals surface area contributed by atoms with Gasteiger partial charge in [-0.2, -0.15) is 13.1 Å². The highest BCUT2D eigenvalue weighted by Gasteiger charge is 2.45. The molecule has 0 bridgehead atoms. The minimum Gasteiger partial charge on any atom is -0.457 e. The molecule has 1 fully saturated rings. The molecule has 0 saturated heterocycles. The van der Waals surface area contributed by atoms with Gasteiger partial charge in [-0.1, -0.05) is 0 Å². The summed E-state index contributed by atoms with van der Waals surface area (Å²) in [4.78, 5) is 10.9. The van der Waals surface area contributed by atoms with Crippen molar-refractivity contribution in [2.24, 2.45) is 0 Å². The lowest BCUT2D eigenvalue weighted by Crippen LogP contribution is -2.30. The minimum atomic E-state index is -3.94. The van der Waals surface area contributed by atoms with Gasteiger partial charge in [-0.05, 0) is 12.8 Å². The van der Waals surface area contributed by atoms with Crippen molar-refractivity contribution in [2.75, 3.05) is 0 Å². The van der Waals surface area contributed by atoms with Crippen molar-refractivity contribution >= 4 is 18.0 Å². The molecule has 2 unspecified atom stereocenters. The molecular weight excluding hydrogens is 234 g/mol. The largest absolute Gasteiger partial charge is 0.457 e. The summed E-state index contributed by atoms with van der Waals surface area (Å²) in [5, 5.41) is 12.9. The van der Waals surface area contributed by atoms with Gasteiger partial charge in [0, 0.05) is 6.42 Å². The van der Waals surface area contributed by atoms with E-state index in [9.17, 15) is 13.6 Å². The summed E-state index contributed by atoms with van der Waals surface area (Å²) in [6.07, 6.45) is -0.372. The molecule has 0 aliphatic heterocycles. The molecule has 0 aromatic heterocycles. The zero-order chi connectivity index (χ0) is 11.5. The van der Waals surface area contributed by atoms with Crippen LogP contribution in [0.2, 0.25) is 0 Å². The van der Waals surface area contributed by atoms with Crippen LogP contribution in [-0.2, 0) is 13.9 Å². The van der Waals surface area contributed by atoms with Crippen LogP contribution >= 0.6 is 12.0 Å². The van der Waals surface area contributed by atoms with Crippen LogP contribution in [-0.4, -0.2) is 33.8 Å². The Bertz CT molecular complexity index is 237. The Morgan fingerprint density at radius 1 is 1.47 bits per heavy atom.